The minimum absolute atomic E-state index is 0.0300. The van der Waals surface area contributed by atoms with Gasteiger partial charge in [0.15, 0.2) is 0 Å². The lowest BCUT2D eigenvalue weighted by atomic mass is 10.2. The van der Waals surface area contributed by atoms with E-state index >= 15 is 0 Å². The fourth-order valence-corrected chi connectivity index (χ4v) is 1.89. The van der Waals surface area contributed by atoms with Gasteiger partial charge in [0.2, 0.25) is 5.90 Å². The summed E-state index contributed by atoms with van der Waals surface area (Å²) in [4.78, 5) is 4.10. The molecule has 3 nitrogen and oxygen atoms in total. The molecule has 0 saturated heterocycles. The van der Waals surface area contributed by atoms with Crippen molar-refractivity contribution in [3.8, 4) is 5.75 Å². The molecule has 74 valence electrons. The summed E-state index contributed by atoms with van der Waals surface area (Å²) in [6.07, 6.45) is 0. The third kappa shape index (κ3) is 1.65. The monoisotopic (exact) mass is 231 g/mol. The second-order valence-corrected chi connectivity index (χ2v) is 3.63. The van der Waals surface area contributed by atoms with Crippen LogP contribution in [-0.4, -0.2) is 24.2 Å². The maximum Gasteiger partial charge on any atom is 0.219 e. The van der Waals surface area contributed by atoms with E-state index in [2.05, 4.69) is 4.99 Å². The van der Waals surface area contributed by atoms with Gasteiger partial charge in [0, 0.05) is 0 Å². The van der Waals surface area contributed by atoms with Crippen LogP contribution in [0, 0.1) is 0 Å². The first-order valence-corrected chi connectivity index (χ1v) is 4.79. The van der Waals surface area contributed by atoms with Crippen molar-refractivity contribution in [3.63, 3.8) is 0 Å². The minimum atomic E-state index is 0.0300. The van der Waals surface area contributed by atoms with Crippen molar-refractivity contribution in [3.05, 3.63) is 27.7 Å². The Labute approximate surface area is 90.9 Å². The Morgan fingerprint density at radius 1 is 1.29 bits per heavy atom. The molecule has 1 aromatic carbocycles. The van der Waals surface area contributed by atoms with Gasteiger partial charge >= 0.3 is 0 Å². The molecule has 0 unspecified atom stereocenters. The summed E-state index contributed by atoms with van der Waals surface area (Å²) in [7, 11) is 0. The molecular formula is C9H7Cl2NO2. The molecule has 2 rings (SSSR count). The summed E-state index contributed by atoms with van der Waals surface area (Å²) in [5.41, 5.74) is 0.545. The van der Waals surface area contributed by atoms with E-state index in [1.165, 1.54) is 12.1 Å². The second-order valence-electron chi connectivity index (χ2n) is 2.82. The van der Waals surface area contributed by atoms with Crippen LogP contribution in [0.15, 0.2) is 17.1 Å². The van der Waals surface area contributed by atoms with Crippen molar-refractivity contribution in [2.75, 3.05) is 13.2 Å². The van der Waals surface area contributed by atoms with Gasteiger partial charge in [-0.05, 0) is 12.1 Å². The van der Waals surface area contributed by atoms with E-state index in [1.807, 2.05) is 0 Å². The van der Waals surface area contributed by atoms with E-state index < -0.39 is 0 Å². The number of rotatable bonds is 1. The van der Waals surface area contributed by atoms with Crippen LogP contribution >= 0.6 is 23.2 Å². The zero-order valence-electron chi connectivity index (χ0n) is 7.13. The summed E-state index contributed by atoms with van der Waals surface area (Å²) >= 11 is 11.8. The quantitative estimate of drug-likeness (QED) is 0.807. The third-order valence-corrected chi connectivity index (χ3v) is 2.42. The normalized spacial score (nSPS) is 15.1. The van der Waals surface area contributed by atoms with Gasteiger partial charge in [-0.25, -0.2) is 4.99 Å². The molecule has 1 N–H and O–H groups in total. The first kappa shape index (κ1) is 9.62. The van der Waals surface area contributed by atoms with Crippen molar-refractivity contribution < 1.29 is 9.84 Å². The van der Waals surface area contributed by atoms with Gasteiger partial charge < -0.3 is 9.84 Å². The molecule has 14 heavy (non-hydrogen) atoms. The largest absolute Gasteiger partial charge is 0.508 e. The van der Waals surface area contributed by atoms with Crippen LogP contribution in [0.3, 0.4) is 0 Å². The summed E-state index contributed by atoms with van der Waals surface area (Å²) < 4.78 is 5.24. The highest BCUT2D eigenvalue weighted by Gasteiger charge is 2.18. The van der Waals surface area contributed by atoms with Gasteiger partial charge in [0.1, 0.15) is 12.4 Å². The first-order valence-electron chi connectivity index (χ1n) is 4.04. The van der Waals surface area contributed by atoms with Gasteiger partial charge in [0.05, 0.1) is 22.2 Å². The molecule has 1 aliphatic rings. The van der Waals surface area contributed by atoms with Gasteiger partial charge in [-0.1, -0.05) is 23.2 Å². The van der Waals surface area contributed by atoms with Crippen LogP contribution in [0.25, 0.3) is 0 Å². The van der Waals surface area contributed by atoms with Gasteiger partial charge in [-0.3, -0.25) is 0 Å². The number of hydrogen-bond donors (Lipinski definition) is 1. The summed E-state index contributed by atoms with van der Waals surface area (Å²) in [6.45, 7) is 1.16. The van der Waals surface area contributed by atoms with E-state index in [4.69, 9.17) is 27.9 Å². The Bertz CT molecular complexity index is 381. The fourth-order valence-electron chi connectivity index (χ4n) is 1.25. The third-order valence-electron chi connectivity index (χ3n) is 1.83. The lowest BCUT2D eigenvalue weighted by molar-refractivity contribution is 0.348. The molecule has 0 radical (unpaired) electrons. The molecule has 5 heteroatoms. The highest BCUT2D eigenvalue weighted by Crippen LogP contribution is 2.31. The topological polar surface area (TPSA) is 41.8 Å². The number of ether oxygens (including phenoxy) is 1. The van der Waals surface area contributed by atoms with E-state index in [9.17, 15) is 5.11 Å². The predicted octanol–water partition coefficient (Wildman–Crippen LogP) is 2.48. The van der Waals surface area contributed by atoms with Crippen molar-refractivity contribution in [2.24, 2.45) is 4.99 Å². The molecule has 1 aromatic rings. The highest BCUT2D eigenvalue weighted by molar-refractivity contribution is 6.39. The Morgan fingerprint density at radius 3 is 2.43 bits per heavy atom. The van der Waals surface area contributed by atoms with Crippen LogP contribution in [0.2, 0.25) is 10.0 Å². The zero-order valence-corrected chi connectivity index (χ0v) is 8.64. The van der Waals surface area contributed by atoms with Crippen LogP contribution in [-0.2, 0) is 4.74 Å². The Hall–Kier alpha value is -0.930. The molecule has 0 fully saturated rings. The van der Waals surface area contributed by atoms with Gasteiger partial charge in [-0.15, -0.1) is 0 Å². The zero-order chi connectivity index (χ0) is 10.1. The maximum atomic E-state index is 9.21. The van der Waals surface area contributed by atoms with Crippen molar-refractivity contribution in [1.82, 2.24) is 0 Å². The Morgan fingerprint density at radius 2 is 1.93 bits per heavy atom. The molecule has 1 aliphatic heterocycles. The highest BCUT2D eigenvalue weighted by atomic mass is 35.5. The molecule has 0 aliphatic carbocycles. The number of phenols is 1. The number of aliphatic imine (C=N–C) groups is 1. The fraction of sp³-hybridized carbons (Fsp3) is 0.222. The lowest BCUT2D eigenvalue weighted by Crippen LogP contribution is -2.02. The molecule has 1 heterocycles. The molecular weight excluding hydrogens is 225 g/mol. The van der Waals surface area contributed by atoms with E-state index in [1.54, 1.807) is 0 Å². The van der Waals surface area contributed by atoms with E-state index in [-0.39, 0.29) is 5.75 Å². The molecule has 0 spiro atoms. The van der Waals surface area contributed by atoms with E-state index in [0.29, 0.717) is 34.7 Å². The van der Waals surface area contributed by atoms with Crippen LogP contribution in [0.5, 0.6) is 5.75 Å². The predicted molar refractivity (Wildman–Crippen MR) is 55.5 cm³/mol. The van der Waals surface area contributed by atoms with E-state index in [0.717, 1.165) is 0 Å². The number of phenolic OH excluding ortho intramolecular Hbond substituents is 1. The van der Waals surface area contributed by atoms with Gasteiger partial charge in [-0.2, -0.15) is 0 Å². The minimum Gasteiger partial charge on any atom is -0.508 e. The average Bonchev–Trinajstić information content (AvgIpc) is 2.54. The van der Waals surface area contributed by atoms with Crippen molar-refractivity contribution >= 4 is 29.1 Å². The number of aromatic hydroxyl groups is 1. The van der Waals surface area contributed by atoms with Crippen LogP contribution in [0.1, 0.15) is 5.56 Å². The summed E-state index contributed by atoms with van der Waals surface area (Å²) in [5.74, 6) is 0.474. The molecule has 0 amide bonds. The second kappa shape index (κ2) is 3.67. The Balaban J connectivity index is 2.52. The molecule has 0 bridgehead atoms. The number of hydrogen-bond acceptors (Lipinski definition) is 3. The number of benzene rings is 1. The van der Waals surface area contributed by atoms with Crippen LogP contribution in [0.4, 0.5) is 0 Å². The smallest absolute Gasteiger partial charge is 0.219 e. The molecule has 0 saturated carbocycles. The van der Waals surface area contributed by atoms with Crippen LogP contribution < -0.4 is 0 Å². The standard InChI is InChI=1S/C9H7Cl2NO2/c10-6-3-5(13)4-7(11)8(6)9-12-1-2-14-9/h3-4,13H,1-2H2. The average molecular weight is 232 g/mol. The van der Waals surface area contributed by atoms with Crippen molar-refractivity contribution in [2.45, 2.75) is 0 Å². The SMILES string of the molecule is Oc1cc(Cl)c(C2=NCCO2)c(Cl)c1. The maximum absolute atomic E-state index is 9.21. The summed E-state index contributed by atoms with van der Waals surface area (Å²) in [5, 5.41) is 9.90. The number of nitrogens with zero attached hydrogens (tertiary/aromatic N) is 1. The first-order chi connectivity index (χ1) is 6.68. The Kier molecular flexibility index (Phi) is 2.52. The summed E-state index contributed by atoms with van der Waals surface area (Å²) in [6, 6.07) is 2.82. The van der Waals surface area contributed by atoms with Gasteiger partial charge in [0.25, 0.3) is 0 Å². The van der Waals surface area contributed by atoms with Crippen molar-refractivity contribution in [1.29, 1.82) is 0 Å². The molecule has 0 atom stereocenters. The molecule has 0 aromatic heterocycles. The number of halogens is 2. The lowest BCUT2D eigenvalue weighted by Gasteiger charge is -2.06.